The van der Waals surface area contributed by atoms with Crippen LogP contribution in [0.25, 0.3) is 0 Å². The number of hydrogen-bond donors (Lipinski definition) is 1. The maximum atomic E-state index is 14.4. The molecule has 3 rings (SSSR count). The lowest BCUT2D eigenvalue weighted by atomic mass is 10.0. The lowest BCUT2D eigenvalue weighted by Gasteiger charge is -2.13. The van der Waals surface area contributed by atoms with Crippen LogP contribution in [0.5, 0.6) is 5.75 Å². The van der Waals surface area contributed by atoms with E-state index >= 15 is 0 Å². The van der Waals surface area contributed by atoms with Crippen LogP contribution < -0.4 is 4.74 Å². The van der Waals surface area contributed by atoms with Crippen LogP contribution in [-0.2, 0) is 17.6 Å². The summed E-state index contributed by atoms with van der Waals surface area (Å²) in [4.78, 5) is 10.7. The van der Waals surface area contributed by atoms with Crippen molar-refractivity contribution in [1.29, 1.82) is 0 Å². The van der Waals surface area contributed by atoms with Crippen LogP contribution in [0.15, 0.2) is 53.6 Å². The average molecular weight is 368 g/mol. The molecule has 1 aliphatic rings. The fourth-order valence-electron chi connectivity index (χ4n) is 3.58. The topological polar surface area (TPSA) is 46.5 Å². The molecule has 0 unspecified atom stereocenters. The van der Waals surface area contributed by atoms with Gasteiger partial charge in [0.05, 0.1) is 0 Å². The van der Waals surface area contributed by atoms with Gasteiger partial charge in [-0.05, 0) is 73.4 Å². The quantitative estimate of drug-likeness (QED) is 0.647. The summed E-state index contributed by atoms with van der Waals surface area (Å²) >= 11 is 0. The van der Waals surface area contributed by atoms with Gasteiger partial charge in [0.1, 0.15) is 6.61 Å². The Bertz CT molecular complexity index is 840. The number of halogens is 1. The van der Waals surface area contributed by atoms with E-state index in [1.54, 1.807) is 6.07 Å². The van der Waals surface area contributed by atoms with Crippen LogP contribution in [-0.4, -0.2) is 17.7 Å². The number of allylic oxidation sites excluding steroid dienone is 1. The molecule has 4 heteroatoms. The Balaban J connectivity index is 1.67. The molecule has 2 aromatic carbocycles. The summed E-state index contributed by atoms with van der Waals surface area (Å²) in [6.45, 7) is 2.27. The minimum absolute atomic E-state index is 0.00375. The summed E-state index contributed by atoms with van der Waals surface area (Å²) in [5.74, 6) is -1.07. The molecule has 0 aliphatic heterocycles. The van der Waals surface area contributed by atoms with Gasteiger partial charge in [-0.25, -0.2) is 4.39 Å². The normalized spacial score (nSPS) is 13.9. The standard InChI is InChI=1S/C23H25FO3/c1-16-12-22(21(24)14-18(16)10-11-23(25)26)27-15-20-9-5-8-19(20)13-17-6-3-2-4-7-17/h2-4,6-7,12,14H,5,8-11,13,15H2,1H3,(H,25,26). The third kappa shape index (κ3) is 5.19. The van der Waals surface area contributed by atoms with Gasteiger partial charge in [-0.3, -0.25) is 4.79 Å². The van der Waals surface area contributed by atoms with Gasteiger partial charge in [0.15, 0.2) is 11.6 Å². The van der Waals surface area contributed by atoms with Gasteiger partial charge in [-0.1, -0.05) is 35.9 Å². The number of carbonyl (C=O) groups is 1. The van der Waals surface area contributed by atoms with Crippen molar-refractivity contribution in [3.8, 4) is 5.75 Å². The van der Waals surface area contributed by atoms with Crippen molar-refractivity contribution in [3.05, 3.63) is 76.1 Å². The SMILES string of the molecule is Cc1cc(OCC2=C(Cc3ccccc3)CCC2)c(F)cc1CCC(=O)O. The average Bonchev–Trinajstić information content (AvgIpc) is 3.08. The molecule has 27 heavy (non-hydrogen) atoms. The molecule has 0 spiro atoms. The third-order valence-electron chi connectivity index (χ3n) is 5.12. The van der Waals surface area contributed by atoms with Crippen molar-refractivity contribution in [2.75, 3.05) is 6.61 Å². The number of carboxylic acids is 1. The zero-order chi connectivity index (χ0) is 19.2. The molecule has 1 aliphatic carbocycles. The molecular formula is C23H25FO3. The Morgan fingerprint density at radius 1 is 1.15 bits per heavy atom. The molecule has 0 heterocycles. The molecule has 0 amide bonds. The van der Waals surface area contributed by atoms with Gasteiger partial charge >= 0.3 is 5.97 Å². The minimum atomic E-state index is -0.880. The molecule has 0 saturated heterocycles. The maximum Gasteiger partial charge on any atom is 0.303 e. The maximum absolute atomic E-state index is 14.4. The van der Waals surface area contributed by atoms with Crippen molar-refractivity contribution >= 4 is 5.97 Å². The van der Waals surface area contributed by atoms with Crippen LogP contribution in [0.4, 0.5) is 4.39 Å². The van der Waals surface area contributed by atoms with E-state index < -0.39 is 11.8 Å². The summed E-state index contributed by atoms with van der Waals surface area (Å²) < 4.78 is 20.2. The zero-order valence-corrected chi connectivity index (χ0v) is 15.6. The van der Waals surface area contributed by atoms with Crippen LogP contribution >= 0.6 is 0 Å². The minimum Gasteiger partial charge on any atom is -0.486 e. The molecule has 1 N–H and O–H groups in total. The summed E-state index contributed by atoms with van der Waals surface area (Å²) in [6, 6.07) is 13.4. The molecule has 0 atom stereocenters. The Kier molecular flexibility index (Phi) is 6.28. The van der Waals surface area contributed by atoms with Gasteiger partial charge in [-0.15, -0.1) is 0 Å². The smallest absolute Gasteiger partial charge is 0.303 e. The Hall–Kier alpha value is -2.62. The van der Waals surface area contributed by atoms with Crippen molar-refractivity contribution < 1.29 is 19.0 Å². The first-order valence-electron chi connectivity index (χ1n) is 9.40. The number of hydrogen-bond acceptors (Lipinski definition) is 2. The summed E-state index contributed by atoms with van der Waals surface area (Å²) in [5, 5.41) is 8.80. The molecule has 142 valence electrons. The second kappa shape index (κ2) is 8.85. The molecule has 2 aromatic rings. The number of carboxylic acid groups (broad SMARTS) is 1. The highest BCUT2D eigenvalue weighted by Crippen LogP contribution is 2.30. The number of aryl methyl sites for hydroxylation is 2. The third-order valence-corrected chi connectivity index (χ3v) is 5.12. The number of benzene rings is 2. The van der Waals surface area contributed by atoms with E-state index in [-0.39, 0.29) is 12.2 Å². The predicted molar refractivity (Wildman–Crippen MR) is 104 cm³/mol. The zero-order valence-electron chi connectivity index (χ0n) is 15.6. The molecule has 0 bridgehead atoms. The van der Waals surface area contributed by atoms with Crippen LogP contribution in [0.3, 0.4) is 0 Å². The largest absolute Gasteiger partial charge is 0.486 e. The van der Waals surface area contributed by atoms with E-state index in [0.29, 0.717) is 18.6 Å². The highest BCUT2D eigenvalue weighted by atomic mass is 19.1. The molecule has 3 nitrogen and oxygen atoms in total. The highest BCUT2D eigenvalue weighted by Gasteiger charge is 2.17. The molecule has 0 aromatic heterocycles. The van der Waals surface area contributed by atoms with E-state index in [0.717, 1.165) is 31.2 Å². The Morgan fingerprint density at radius 3 is 2.63 bits per heavy atom. The lowest BCUT2D eigenvalue weighted by molar-refractivity contribution is -0.136. The van der Waals surface area contributed by atoms with Crippen LogP contribution in [0.1, 0.15) is 42.4 Å². The summed E-state index contributed by atoms with van der Waals surface area (Å²) in [5.41, 5.74) is 5.53. The Morgan fingerprint density at radius 2 is 1.89 bits per heavy atom. The Labute approximate surface area is 159 Å². The van der Waals surface area contributed by atoms with Crippen molar-refractivity contribution in [1.82, 2.24) is 0 Å². The number of ether oxygens (including phenoxy) is 1. The summed E-state index contributed by atoms with van der Waals surface area (Å²) in [7, 11) is 0. The molecule has 0 radical (unpaired) electrons. The molecular weight excluding hydrogens is 343 g/mol. The van der Waals surface area contributed by atoms with Gasteiger partial charge in [0.2, 0.25) is 0 Å². The van der Waals surface area contributed by atoms with E-state index in [1.807, 2.05) is 25.1 Å². The van der Waals surface area contributed by atoms with Crippen molar-refractivity contribution in [2.45, 2.75) is 45.4 Å². The first kappa shape index (κ1) is 19.2. The first-order valence-corrected chi connectivity index (χ1v) is 9.40. The number of rotatable bonds is 8. The van der Waals surface area contributed by atoms with Gasteiger partial charge in [0.25, 0.3) is 0 Å². The molecule has 0 fully saturated rings. The van der Waals surface area contributed by atoms with Crippen molar-refractivity contribution in [3.63, 3.8) is 0 Å². The van der Waals surface area contributed by atoms with Crippen LogP contribution in [0, 0.1) is 12.7 Å². The van der Waals surface area contributed by atoms with E-state index in [1.165, 1.54) is 22.8 Å². The fourth-order valence-corrected chi connectivity index (χ4v) is 3.58. The van der Waals surface area contributed by atoms with Gasteiger partial charge in [-0.2, -0.15) is 0 Å². The van der Waals surface area contributed by atoms with Crippen molar-refractivity contribution in [2.24, 2.45) is 0 Å². The van der Waals surface area contributed by atoms with Crippen LogP contribution in [0.2, 0.25) is 0 Å². The first-order chi connectivity index (χ1) is 13.0. The van der Waals surface area contributed by atoms with E-state index in [9.17, 15) is 9.18 Å². The van der Waals surface area contributed by atoms with Gasteiger partial charge < -0.3 is 9.84 Å². The lowest BCUT2D eigenvalue weighted by Crippen LogP contribution is -2.05. The van der Waals surface area contributed by atoms with E-state index in [4.69, 9.17) is 9.84 Å². The monoisotopic (exact) mass is 368 g/mol. The summed E-state index contributed by atoms with van der Waals surface area (Å²) in [6.07, 6.45) is 4.44. The fraction of sp³-hybridized carbons (Fsp3) is 0.348. The predicted octanol–water partition coefficient (Wildman–Crippen LogP) is 5.25. The van der Waals surface area contributed by atoms with Gasteiger partial charge in [0, 0.05) is 6.42 Å². The highest BCUT2D eigenvalue weighted by molar-refractivity contribution is 5.67. The molecule has 0 saturated carbocycles. The second-order valence-electron chi connectivity index (χ2n) is 7.11. The van der Waals surface area contributed by atoms with E-state index in [2.05, 4.69) is 12.1 Å². The number of aliphatic carboxylic acids is 1. The second-order valence-corrected chi connectivity index (χ2v) is 7.11.